The van der Waals surface area contributed by atoms with Crippen LogP contribution in [-0.2, 0) is 0 Å². The Balaban J connectivity index is 1.70. The number of pyridine rings is 1. The molecule has 1 saturated heterocycles. The Labute approximate surface area is 189 Å². The number of nitrogens with zero attached hydrogens (tertiary/aromatic N) is 6. The molecular formula is C24H33N7O. The number of aromatic nitrogens is 4. The summed E-state index contributed by atoms with van der Waals surface area (Å²) in [6, 6.07) is 3.90. The van der Waals surface area contributed by atoms with E-state index in [1.807, 2.05) is 35.5 Å². The molecule has 1 aliphatic rings. The topological polar surface area (TPSA) is 92.7 Å². The highest BCUT2D eigenvalue weighted by atomic mass is 16.2. The van der Waals surface area contributed by atoms with Crippen LogP contribution < -0.4 is 10.6 Å². The first-order chi connectivity index (χ1) is 15.4. The van der Waals surface area contributed by atoms with E-state index in [2.05, 4.69) is 23.7 Å². The second-order valence-electron chi connectivity index (χ2n) is 8.70. The molecule has 1 fully saturated rings. The van der Waals surface area contributed by atoms with Gasteiger partial charge in [0.15, 0.2) is 5.65 Å². The zero-order chi connectivity index (χ0) is 22.8. The molecular weight excluding hydrogens is 402 g/mol. The summed E-state index contributed by atoms with van der Waals surface area (Å²) in [5.41, 5.74) is 10.4. The van der Waals surface area contributed by atoms with Gasteiger partial charge in [-0.25, -0.2) is 9.50 Å². The number of hydrogen-bond donors (Lipinski definition) is 1. The van der Waals surface area contributed by atoms with Gasteiger partial charge in [0.05, 0.1) is 11.7 Å². The Morgan fingerprint density at radius 2 is 2.12 bits per heavy atom. The van der Waals surface area contributed by atoms with E-state index in [-0.39, 0.29) is 18.0 Å². The van der Waals surface area contributed by atoms with Crippen molar-refractivity contribution in [3.05, 3.63) is 53.1 Å². The summed E-state index contributed by atoms with van der Waals surface area (Å²) in [5, 5.41) is 4.85. The van der Waals surface area contributed by atoms with Crippen molar-refractivity contribution in [2.45, 2.75) is 59.0 Å². The van der Waals surface area contributed by atoms with Gasteiger partial charge in [-0.1, -0.05) is 13.3 Å². The van der Waals surface area contributed by atoms with Gasteiger partial charge in [-0.15, -0.1) is 0 Å². The number of fused-ring (bicyclic) bond motifs is 1. The molecule has 0 unspecified atom stereocenters. The minimum absolute atomic E-state index is 0.0128. The Hall–Kier alpha value is -3.00. The van der Waals surface area contributed by atoms with Crippen molar-refractivity contribution < 1.29 is 4.79 Å². The van der Waals surface area contributed by atoms with E-state index >= 15 is 0 Å². The maximum atomic E-state index is 13.4. The average Bonchev–Trinajstić information content (AvgIpc) is 3.38. The zero-order valence-electron chi connectivity index (χ0n) is 19.5. The van der Waals surface area contributed by atoms with Gasteiger partial charge in [0.2, 0.25) is 0 Å². The van der Waals surface area contributed by atoms with Crippen molar-refractivity contribution in [2.75, 3.05) is 24.5 Å². The van der Waals surface area contributed by atoms with Crippen LogP contribution in [0.1, 0.15) is 66.3 Å². The van der Waals surface area contributed by atoms with Gasteiger partial charge in [0.25, 0.3) is 5.91 Å². The summed E-state index contributed by atoms with van der Waals surface area (Å²) in [6.07, 6.45) is 8.20. The van der Waals surface area contributed by atoms with Crippen LogP contribution in [0.4, 0.5) is 5.82 Å². The normalized spacial score (nSPS) is 17.2. The molecule has 1 aliphatic heterocycles. The molecule has 3 aromatic rings. The molecule has 2 N–H and O–H groups in total. The molecule has 0 saturated carbocycles. The van der Waals surface area contributed by atoms with Crippen molar-refractivity contribution in [2.24, 2.45) is 5.73 Å². The van der Waals surface area contributed by atoms with Gasteiger partial charge < -0.3 is 15.5 Å². The summed E-state index contributed by atoms with van der Waals surface area (Å²) in [5.74, 6) is 0.985. The number of anilines is 1. The van der Waals surface area contributed by atoms with E-state index < -0.39 is 0 Å². The van der Waals surface area contributed by atoms with Crippen molar-refractivity contribution in [1.29, 1.82) is 0 Å². The molecule has 8 nitrogen and oxygen atoms in total. The van der Waals surface area contributed by atoms with E-state index in [0.717, 1.165) is 60.6 Å². The van der Waals surface area contributed by atoms with E-state index in [1.165, 1.54) is 0 Å². The smallest absolute Gasteiger partial charge is 0.254 e. The van der Waals surface area contributed by atoms with Gasteiger partial charge in [-0.05, 0) is 45.2 Å². The number of hydrogen-bond acceptors (Lipinski definition) is 6. The minimum Gasteiger partial charge on any atom is -0.355 e. The Bertz CT molecular complexity index is 1110. The van der Waals surface area contributed by atoms with Crippen LogP contribution >= 0.6 is 0 Å². The van der Waals surface area contributed by atoms with Crippen molar-refractivity contribution in [1.82, 2.24) is 24.5 Å². The van der Waals surface area contributed by atoms with E-state index in [9.17, 15) is 4.79 Å². The predicted octanol–water partition coefficient (Wildman–Crippen LogP) is 3.28. The lowest BCUT2D eigenvalue weighted by Crippen LogP contribution is -2.35. The molecule has 0 aromatic carbocycles. The molecule has 32 heavy (non-hydrogen) atoms. The van der Waals surface area contributed by atoms with Crippen LogP contribution in [0.3, 0.4) is 0 Å². The Morgan fingerprint density at radius 3 is 2.78 bits per heavy atom. The second-order valence-corrected chi connectivity index (χ2v) is 8.70. The fraction of sp³-hybridized carbons (Fsp3) is 0.500. The molecule has 0 bridgehead atoms. The van der Waals surface area contributed by atoms with Crippen LogP contribution in [0.25, 0.3) is 5.65 Å². The summed E-state index contributed by atoms with van der Waals surface area (Å²) in [6.45, 7) is 10.5. The SMILES string of the molecule is CCC[C@@H](c1cc2nc(N3CC[C@H](N)C3)c(C)cn2n1)N(CC)C(=O)c1ccncc1C. The van der Waals surface area contributed by atoms with E-state index in [0.29, 0.717) is 12.1 Å². The fourth-order valence-electron chi connectivity index (χ4n) is 4.59. The third-order valence-corrected chi connectivity index (χ3v) is 6.28. The van der Waals surface area contributed by atoms with Crippen LogP contribution in [0.15, 0.2) is 30.7 Å². The number of carbonyl (C=O) groups excluding carboxylic acids is 1. The molecule has 0 aliphatic carbocycles. The summed E-state index contributed by atoms with van der Waals surface area (Å²) in [4.78, 5) is 26.7. The molecule has 4 heterocycles. The molecule has 1 amide bonds. The molecule has 2 atom stereocenters. The molecule has 8 heteroatoms. The highest BCUT2D eigenvalue weighted by Gasteiger charge is 2.28. The monoisotopic (exact) mass is 435 g/mol. The van der Waals surface area contributed by atoms with Gasteiger partial charge in [-0.2, -0.15) is 5.10 Å². The van der Waals surface area contributed by atoms with Gasteiger partial charge >= 0.3 is 0 Å². The first-order valence-electron chi connectivity index (χ1n) is 11.5. The highest BCUT2D eigenvalue weighted by Crippen LogP contribution is 2.29. The molecule has 0 radical (unpaired) electrons. The van der Waals surface area contributed by atoms with Crippen LogP contribution in [-0.4, -0.2) is 56.1 Å². The van der Waals surface area contributed by atoms with Crippen LogP contribution in [0.5, 0.6) is 0 Å². The van der Waals surface area contributed by atoms with Gasteiger partial charge in [0.1, 0.15) is 5.82 Å². The van der Waals surface area contributed by atoms with E-state index in [1.54, 1.807) is 18.5 Å². The number of rotatable bonds is 7. The van der Waals surface area contributed by atoms with Crippen LogP contribution in [0, 0.1) is 13.8 Å². The first-order valence-corrected chi connectivity index (χ1v) is 11.5. The highest BCUT2D eigenvalue weighted by molar-refractivity contribution is 5.95. The molecule has 3 aromatic heterocycles. The van der Waals surface area contributed by atoms with Crippen LogP contribution in [0.2, 0.25) is 0 Å². The zero-order valence-corrected chi connectivity index (χ0v) is 19.5. The third kappa shape index (κ3) is 4.19. The maximum Gasteiger partial charge on any atom is 0.254 e. The van der Waals surface area contributed by atoms with Crippen molar-refractivity contribution >= 4 is 17.4 Å². The summed E-state index contributed by atoms with van der Waals surface area (Å²) >= 11 is 0. The number of amides is 1. The lowest BCUT2D eigenvalue weighted by molar-refractivity contribution is 0.0672. The summed E-state index contributed by atoms with van der Waals surface area (Å²) in [7, 11) is 0. The number of aryl methyl sites for hydroxylation is 2. The first kappa shape index (κ1) is 22.2. The van der Waals surface area contributed by atoms with E-state index in [4.69, 9.17) is 15.8 Å². The summed E-state index contributed by atoms with van der Waals surface area (Å²) < 4.78 is 1.84. The predicted molar refractivity (Wildman–Crippen MR) is 126 cm³/mol. The standard InChI is InChI=1S/C24H33N7O/c1-5-7-21(30(6-2)24(32)19-8-10-26-13-16(19)3)20-12-22-27-23(17(4)14-31(22)28-20)29-11-9-18(25)15-29/h8,10,12-14,18,21H,5-7,9,11,15,25H2,1-4H3/t18-,21-/m0/s1. The lowest BCUT2D eigenvalue weighted by Gasteiger charge is -2.30. The minimum atomic E-state index is -0.115. The van der Waals surface area contributed by atoms with Gasteiger partial charge in [-0.3, -0.25) is 9.78 Å². The fourth-order valence-corrected chi connectivity index (χ4v) is 4.59. The molecule has 170 valence electrons. The lowest BCUT2D eigenvalue weighted by atomic mass is 10.0. The second kappa shape index (κ2) is 9.24. The third-order valence-electron chi connectivity index (χ3n) is 6.28. The van der Waals surface area contributed by atoms with Crippen molar-refractivity contribution in [3.63, 3.8) is 0 Å². The Kier molecular flexibility index (Phi) is 6.41. The van der Waals surface area contributed by atoms with Crippen molar-refractivity contribution in [3.8, 4) is 0 Å². The number of carbonyl (C=O) groups is 1. The molecule has 0 spiro atoms. The van der Waals surface area contributed by atoms with Gasteiger partial charge in [0, 0.05) is 61.5 Å². The Morgan fingerprint density at radius 1 is 1.31 bits per heavy atom. The quantitative estimate of drug-likeness (QED) is 0.612. The average molecular weight is 436 g/mol. The molecule has 4 rings (SSSR count). The largest absolute Gasteiger partial charge is 0.355 e. The maximum absolute atomic E-state index is 13.4. The number of nitrogens with two attached hydrogens (primary N) is 1.